The highest BCUT2D eigenvalue weighted by Crippen LogP contribution is 2.30. The second-order valence-electron chi connectivity index (χ2n) is 5.39. The molecule has 0 spiro atoms. The molecule has 0 aliphatic rings. The van der Waals surface area contributed by atoms with Gasteiger partial charge in [0.15, 0.2) is 11.5 Å². The molecule has 0 fully saturated rings. The molecule has 23 heavy (non-hydrogen) atoms. The van der Waals surface area contributed by atoms with Crippen LogP contribution in [0.25, 0.3) is 21.9 Å². The predicted octanol–water partition coefficient (Wildman–Crippen LogP) is 4.86. The van der Waals surface area contributed by atoms with E-state index >= 15 is 0 Å². The number of fused-ring (bicyclic) bond motifs is 3. The standard InChI is InChI=1S/C19H15NO3/c21-16(19-6-3-11-22-19)9-10-20-13-7-8-18-15(12-13)14-4-1-2-5-17(14)23-18/h1-8,11-12,20H,9-10H2. The third kappa shape index (κ3) is 2.59. The third-order valence-electron chi connectivity index (χ3n) is 3.85. The van der Waals surface area contributed by atoms with Crippen molar-refractivity contribution < 1.29 is 13.6 Å². The highest BCUT2D eigenvalue weighted by molar-refractivity contribution is 6.05. The van der Waals surface area contributed by atoms with Crippen molar-refractivity contribution in [2.45, 2.75) is 6.42 Å². The van der Waals surface area contributed by atoms with Crippen molar-refractivity contribution in [1.82, 2.24) is 0 Å². The van der Waals surface area contributed by atoms with E-state index in [4.69, 9.17) is 8.83 Å². The zero-order valence-corrected chi connectivity index (χ0v) is 12.4. The molecule has 0 saturated carbocycles. The highest BCUT2D eigenvalue weighted by atomic mass is 16.3. The van der Waals surface area contributed by atoms with Crippen molar-refractivity contribution in [2.75, 3.05) is 11.9 Å². The van der Waals surface area contributed by atoms with Crippen LogP contribution < -0.4 is 5.32 Å². The summed E-state index contributed by atoms with van der Waals surface area (Å²) in [6.07, 6.45) is 1.90. The van der Waals surface area contributed by atoms with Crippen LogP contribution in [0.15, 0.2) is 69.7 Å². The second-order valence-corrected chi connectivity index (χ2v) is 5.39. The van der Waals surface area contributed by atoms with E-state index in [9.17, 15) is 4.79 Å². The quantitative estimate of drug-likeness (QED) is 0.535. The first-order chi connectivity index (χ1) is 11.3. The van der Waals surface area contributed by atoms with Crippen molar-refractivity contribution in [3.05, 3.63) is 66.6 Å². The minimum atomic E-state index is -0.00246. The number of hydrogen-bond acceptors (Lipinski definition) is 4. The van der Waals surface area contributed by atoms with E-state index in [0.29, 0.717) is 18.7 Å². The van der Waals surface area contributed by atoms with Crippen LogP contribution in [0, 0.1) is 0 Å². The van der Waals surface area contributed by atoms with Crippen LogP contribution in [-0.2, 0) is 0 Å². The van der Waals surface area contributed by atoms with Crippen LogP contribution >= 0.6 is 0 Å². The van der Waals surface area contributed by atoms with Crippen molar-refractivity contribution in [3.63, 3.8) is 0 Å². The molecule has 4 nitrogen and oxygen atoms in total. The largest absolute Gasteiger partial charge is 0.461 e. The van der Waals surface area contributed by atoms with Crippen LogP contribution in [0.5, 0.6) is 0 Å². The number of Topliss-reactive ketones (excluding diaryl/α,β-unsaturated/α-hetero) is 1. The molecule has 0 amide bonds. The number of rotatable bonds is 5. The van der Waals surface area contributed by atoms with E-state index in [-0.39, 0.29) is 5.78 Å². The normalized spacial score (nSPS) is 11.1. The third-order valence-corrected chi connectivity index (χ3v) is 3.85. The lowest BCUT2D eigenvalue weighted by molar-refractivity contribution is 0.0960. The summed E-state index contributed by atoms with van der Waals surface area (Å²) in [7, 11) is 0. The van der Waals surface area contributed by atoms with E-state index in [1.54, 1.807) is 12.1 Å². The summed E-state index contributed by atoms with van der Waals surface area (Å²) in [5, 5.41) is 5.45. The van der Waals surface area contributed by atoms with E-state index in [2.05, 4.69) is 11.4 Å². The molecule has 0 atom stereocenters. The monoisotopic (exact) mass is 305 g/mol. The smallest absolute Gasteiger partial charge is 0.199 e. The van der Waals surface area contributed by atoms with Crippen molar-refractivity contribution >= 4 is 33.4 Å². The fourth-order valence-electron chi connectivity index (χ4n) is 2.72. The van der Waals surface area contributed by atoms with Crippen LogP contribution in [0.3, 0.4) is 0 Å². The Kier molecular flexibility index (Phi) is 3.35. The molecule has 0 aliphatic heterocycles. The maximum atomic E-state index is 11.9. The van der Waals surface area contributed by atoms with Gasteiger partial charge in [0.25, 0.3) is 0 Å². The Hall–Kier alpha value is -3.01. The second kappa shape index (κ2) is 5.65. The maximum absolute atomic E-state index is 11.9. The molecule has 0 saturated heterocycles. The Bertz CT molecular complexity index is 967. The molecule has 0 radical (unpaired) electrons. The average molecular weight is 305 g/mol. The number of para-hydroxylation sites is 1. The van der Waals surface area contributed by atoms with Crippen molar-refractivity contribution in [2.24, 2.45) is 0 Å². The summed E-state index contributed by atoms with van der Waals surface area (Å²) in [5.41, 5.74) is 2.72. The molecule has 4 rings (SSSR count). The summed E-state index contributed by atoms with van der Waals surface area (Å²) in [6, 6.07) is 17.3. The summed E-state index contributed by atoms with van der Waals surface area (Å²) in [6.45, 7) is 0.556. The van der Waals surface area contributed by atoms with Crippen molar-refractivity contribution in [1.29, 1.82) is 0 Å². The van der Waals surface area contributed by atoms with Gasteiger partial charge >= 0.3 is 0 Å². The molecule has 2 aromatic carbocycles. The van der Waals surface area contributed by atoms with Gasteiger partial charge in [0.2, 0.25) is 0 Å². The number of furan rings is 2. The minimum absolute atomic E-state index is 0.00246. The lowest BCUT2D eigenvalue weighted by atomic mass is 10.1. The van der Waals surface area contributed by atoms with E-state index < -0.39 is 0 Å². The van der Waals surface area contributed by atoms with Gasteiger partial charge in [0.05, 0.1) is 6.26 Å². The van der Waals surface area contributed by atoms with Crippen molar-refractivity contribution in [3.8, 4) is 0 Å². The fraction of sp³-hybridized carbons (Fsp3) is 0.105. The predicted molar refractivity (Wildman–Crippen MR) is 89.9 cm³/mol. The van der Waals surface area contributed by atoms with Gasteiger partial charge in [0.1, 0.15) is 11.2 Å². The van der Waals surface area contributed by atoms with Crippen LogP contribution in [0.2, 0.25) is 0 Å². The van der Waals surface area contributed by atoms with Gasteiger partial charge in [-0.3, -0.25) is 4.79 Å². The fourth-order valence-corrected chi connectivity index (χ4v) is 2.72. The number of carbonyl (C=O) groups is 1. The molecule has 0 unspecified atom stereocenters. The van der Waals surface area contributed by atoms with Crippen LogP contribution in [0.1, 0.15) is 17.0 Å². The maximum Gasteiger partial charge on any atom is 0.199 e. The molecule has 2 heterocycles. The van der Waals surface area contributed by atoms with Gasteiger partial charge < -0.3 is 14.2 Å². The molecule has 2 aromatic heterocycles. The average Bonchev–Trinajstić information content (AvgIpc) is 3.22. The molecular formula is C19H15NO3. The topological polar surface area (TPSA) is 55.4 Å². The summed E-state index contributed by atoms with van der Waals surface area (Å²) in [5.74, 6) is 0.403. The van der Waals surface area contributed by atoms with Crippen LogP contribution in [-0.4, -0.2) is 12.3 Å². The first kappa shape index (κ1) is 13.6. The highest BCUT2D eigenvalue weighted by Gasteiger charge is 2.09. The van der Waals surface area contributed by atoms with Gasteiger partial charge in [-0.25, -0.2) is 0 Å². The molecule has 0 aliphatic carbocycles. The summed E-state index contributed by atoms with van der Waals surface area (Å²) < 4.78 is 10.9. The first-order valence-electron chi connectivity index (χ1n) is 7.53. The Morgan fingerprint density at radius 1 is 0.957 bits per heavy atom. The number of benzene rings is 2. The SMILES string of the molecule is O=C(CCNc1ccc2oc3ccccc3c2c1)c1ccco1. The number of nitrogens with one attached hydrogen (secondary N) is 1. The minimum Gasteiger partial charge on any atom is -0.461 e. The Morgan fingerprint density at radius 3 is 2.70 bits per heavy atom. The molecule has 114 valence electrons. The summed E-state index contributed by atoms with van der Waals surface area (Å²) >= 11 is 0. The lowest BCUT2D eigenvalue weighted by Gasteiger charge is -2.05. The number of carbonyl (C=O) groups excluding carboxylic acids is 1. The molecule has 1 N–H and O–H groups in total. The van der Waals surface area contributed by atoms with Crippen LogP contribution in [0.4, 0.5) is 5.69 Å². The van der Waals surface area contributed by atoms with E-state index in [0.717, 1.165) is 27.6 Å². The molecule has 0 bridgehead atoms. The zero-order chi connectivity index (χ0) is 15.6. The van der Waals surface area contributed by atoms with E-state index in [1.807, 2.05) is 36.4 Å². The van der Waals surface area contributed by atoms with Gasteiger partial charge in [-0.15, -0.1) is 0 Å². The Morgan fingerprint density at radius 2 is 1.83 bits per heavy atom. The van der Waals surface area contributed by atoms with Gasteiger partial charge in [0, 0.05) is 29.4 Å². The lowest BCUT2D eigenvalue weighted by Crippen LogP contribution is -2.08. The molecule has 4 heteroatoms. The van der Waals surface area contributed by atoms with E-state index in [1.165, 1.54) is 6.26 Å². The Balaban J connectivity index is 1.51. The zero-order valence-electron chi connectivity index (χ0n) is 12.4. The van der Waals surface area contributed by atoms with Gasteiger partial charge in [-0.1, -0.05) is 18.2 Å². The Labute approximate surface area is 132 Å². The van der Waals surface area contributed by atoms with Gasteiger partial charge in [-0.2, -0.15) is 0 Å². The van der Waals surface area contributed by atoms with Gasteiger partial charge in [-0.05, 0) is 36.4 Å². The molecule has 4 aromatic rings. The summed E-state index contributed by atoms with van der Waals surface area (Å²) in [4.78, 5) is 11.9. The number of hydrogen-bond donors (Lipinski definition) is 1. The number of anilines is 1. The number of ketones is 1. The molecular weight excluding hydrogens is 290 g/mol. The first-order valence-corrected chi connectivity index (χ1v) is 7.53.